The topological polar surface area (TPSA) is 159 Å². The van der Waals surface area contributed by atoms with E-state index < -0.39 is 0 Å². The maximum atomic E-state index is 12.3. The average Bonchev–Trinajstić information content (AvgIpc) is 3.93. The van der Waals surface area contributed by atoms with Crippen molar-refractivity contribution in [2.24, 2.45) is 0 Å². The van der Waals surface area contributed by atoms with Crippen LogP contribution in [0.1, 0.15) is 62.5 Å². The number of rotatable bonds is 22. The molecule has 54 heavy (non-hydrogen) atoms. The molecule has 6 N–H and O–H groups in total. The van der Waals surface area contributed by atoms with Crippen molar-refractivity contribution < 1.29 is 28.7 Å². The molecule has 0 radical (unpaired) electrons. The molecule has 2 aromatic rings. The number of ether oxygens (including phenoxy) is 2. The number of thioether (sulfide) groups is 2. The zero-order valence-electron chi connectivity index (χ0n) is 30.8. The highest BCUT2D eigenvalue weighted by atomic mass is 32.2. The Morgan fingerprint density at radius 1 is 0.630 bits per heavy atom. The highest BCUT2D eigenvalue weighted by Gasteiger charge is 2.43. The van der Waals surface area contributed by atoms with Crippen molar-refractivity contribution in [2.45, 2.75) is 98.9 Å². The van der Waals surface area contributed by atoms with Gasteiger partial charge >= 0.3 is 12.1 Å². The lowest BCUT2D eigenvalue weighted by Gasteiger charge is -2.16. The van der Waals surface area contributed by atoms with Crippen LogP contribution >= 0.6 is 23.5 Å². The second-order valence-corrected chi connectivity index (χ2v) is 16.9. The molecule has 0 saturated carbocycles. The van der Waals surface area contributed by atoms with Crippen LogP contribution in [0, 0.1) is 0 Å². The molecule has 0 bridgehead atoms. The zero-order valence-corrected chi connectivity index (χ0v) is 32.5. The standard InChI is InChI=1S/C40H54N6O6S2/c47-35(9-3-1-7-33-37-31(25-53-33)43-39(49)45-37)41-21-19-27-11-15-29(16-12-27)51-23-5-6-24-52-30-17-13-28(14-18-30)20-22-42-36(48)10-4-2-8-34-38-32(26-54-34)44-40(50)46-38/h5-6,11-18,31-34,37-38H,1-4,7-10,19-26H2,(H,41,47)(H,42,48)(H2,43,45,49)(H2,44,46,50)/b6-5-/t31-,32-,33-,34-,37-,38-/m0/s1. The smallest absolute Gasteiger partial charge is 0.315 e. The fourth-order valence-electron chi connectivity index (χ4n) is 7.35. The number of benzene rings is 2. The number of amides is 6. The normalized spacial score (nSPS) is 23.9. The molecule has 6 atom stereocenters. The number of nitrogens with one attached hydrogen (secondary N) is 6. The summed E-state index contributed by atoms with van der Waals surface area (Å²) >= 11 is 3.82. The first kappa shape index (κ1) is 39.6. The predicted octanol–water partition coefficient (Wildman–Crippen LogP) is 4.47. The van der Waals surface area contributed by atoms with E-state index in [0.29, 0.717) is 49.6 Å². The summed E-state index contributed by atoms with van der Waals surface area (Å²) in [5, 5.41) is 18.9. The van der Waals surface area contributed by atoms with Crippen LogP contribution in [0.25, 0.3) is 0 Å². The third-order valence-electron chi connectivity index (χ3n) is 10.3. The Hall–Kier alpha value is -4.04. The predicted molar refractivity (Wildman–Crippen MR) is 214 cm³/mol. The van der Waals surface area contributed by atoms with E-state index in [1.54, 1.807) is 0 Å². The third kappa shape index (κ3) is 12.2. The van der Waals surface area contributed by atoms with Gasteiger partial charge in [-0.15, -0.1) is 0 Å². The number of carbonyl (C=O) groups is 4. The molecular weight excluding hydrogens is 725 g/mol. The Labute approximate surface area is 326 Å². The fraction of sp³-hybridized carbons (Fsp3) is 0.550. The molecule has 4 aliphatic heterocycles. The fourth-order valence-corrected chi connectivity index (χ4v) is 10.4. The largest absolute Gasteiger partial charge is 0.490 e. The molecule has 6 rings (SSSR count). The summed E-state index contributed by atoms with van der Waals surface area (Å²) in [4.78, 5) is 47.6. The second-order valence-electron chi connectivity index (χ2n) is 14.3. The maximum absolute atomic E-state index is 12.3. The van der Waals surface area contributed by atoms with E-state index in [-0.39, 0.29) is 48.0 Å². The van der Waals surface area contributed by atoms with Gasteiger partial charge in [0.1, 0.15) is 24.7 Å². The highest BCUT2D eigenvalue weighted by Crippen LogP contribution is 2.34. The number of hydrogen-bond donors (Lipinski definition) is 6. The molecule has 14 heteroatoms. The molecule has 2 aromatic carbocycles. The Morgan fingerprint density at radius 3 is 1.48 bits per heavy atom. The number of urea groups is 2. The summed E-state index contributed by atoms with van der Waals surface area (Å²) in [6.45, 7) is 2.09. The van der Waals surface area contributed by atoms with Crippen molar-refractivity contribution in [1.29, 1.82) is 0 Å². The quantitative estimate of drug-likeness (QED) is 0.0581. The van der Waals surface area contributed by atoms with E-state index in [1.807, 2.05) is 84.2 Å². The van der Waals surface area contributed by atoms with Gasteiger partial charge in [-0.25, -0.2) is 9.59 Å². The van der Waals surface area contributed by atoms with Crippen LogP contribution in [0.5, 0.6) is 11.5 Å². The van der Waals surface area contributed by atoms with Crippen LogP contribution in [-0.4, -0.2) is 96.4 Å². The Bertz CT molecular complexity index is 1460. The lowest BCUT2D eigenvalue weighted by Crippen LogP contribution is -2.36. The van der Waals surface area contributed by atoms with Gasteiger partial charge in [-0.2, -0.15) is 23.5 Å². The van der Waals surface area contributed by atoms with Gasteiger partial charge in [-0.3, -0.25) is 9.59 Å². The Balaban J connectivity index is 0.741. The van der Waals surface area contributed by atoms with E-state index in [2.05, 4.69) is 31.9 Å². The highest BCUT2D eigenvalue weighted by molar-refractivity contribution is 8.00. The van der Waals surface area contributed by atoms with E-state index in [0.717, 1.165) is 85.5 Å². The van der Waals surface area contributed by atoms with Crippen molar-refractivity contribution in [3.63, 3.8) is 0 Å². The summed E-state index contributed by atoms with van der Waals surface area (Å²) in [5.74, 6) is 3.68. The molecule has 0 unspecified atom stereocenters. The van der Waals surface area contributed by atoms with Crippen molar-refractivity contribution in [3.8, 4) is 11.5 Å². The lowest BCUT2D eigenvalue weighted by molar-refractivity contribution is -0.122. The van der Waals surface area contributed by atoms with Gasteiger partial charge in [0.15, 0.2) is 0 Å². The molecule has 4 aliphatic rings. The van der Waals surface area contributed by atoms with Crippen molar-refractivity contribution in [2.75, 3.05) is 37.8 Å². The Morgan fingerprint density at radius 2 is 1.06 bits per heavy atom. The van der Waals surface area contributed by atoms with Crippen LogP contribution in [0.15, 0.2) is 60.7 Å². The number of unbranched alkanes of at least 4 members (excludes halogenated alkanes) is 2. The van der Waals surface area contributed by atoms with Crippen LogP contribution < -0.4 is 41.4 Å². The number of fused-ring (bicyclic) bond motifs is 2. The van der Waals surface area contributed by atoms with E-state index in [4.69, 9.17) is 9.47 Å². The van der Waals surface area contributed by atoms with Crippen LogP contribution in [0.2, 0.25) is 0 Å². The van der Waals surface area contributed by atoms with Gasteiger partial charge in [-0.05, 0) is 86.1 Å². The van der Waals surface area contributed by atoms with Gasteiger partial charge in [0.05, 0.1) is 24.2 Å². The molecule has 12 nitrogen and oxygen atoms in total. The lowest BCUT2D eigenvalue weighted by atomic mass is 10.0. The molecule has 0 spiro atoms. The van der Waals surface area contributed by atoms with Gasteiger partial charge in [0.2, 0.25) is 11.8 Å². The van der Waals surface area contributed by atoms with Crippen molar-refractivity contribution >= 4 is 47.4 Å². The molecule has 4 fully saturated rings. The van der Waals surface area contributed by atoms with Gasteiger partial charge in [0, 0.05) is 47.9 Å². The minimum absolute atomic E-state index is 0.0555. The second kappa shape index (κ2) is 20.6. The molecular formula is C40H54N6O6S2. The molecule has 6 amide bonds. The van der Waals surface area contributed by atoms with Crippen LogP contribution in [0.3, 0.4) is 0 Å². The molecule has 0 aromatic heterocycles. The molecule has 0 aliphatic carbocycles. The number of carbonyl (C=O) groups excluding carboxylic acids is 4. The molecule has 292 valence electrons. The summed E-state index contributed by atoms with van der Waals surface area (Å²) in [7, 11) is 0. The van der Waals surface area contributed by atoms with Crippen molar-refractivity contribution in [1.82, 2.24) is 31.9 Å². The summed E-state index contributed by atoms with van der Waals surface area (Å²) in [5.41, 5.74) is 2.28. The van der Waals surface area contributed by atoms with Gasteiger partial charge in [-0.1, -0.05) is 37.1 Å². The van der Waals surface area contributed by atoms with E-state index in [1.165, 1.54) is 0 Å². The van der Waals surface area contributed by atoms with Crippen LogP contribution in [-0.2, 0) is 22.4 Å². The molecule has 4 saturated heterocycles. The SMILES string of the molecule is O=C(CCCC[C@@H]1SC[C@@H]2NC(=O)N[C@@H]21)NCCc1ccc(OC/C=C\COc2ccc(CCNC(=O)CCCC[C@@H]3SC[C@@H]4NC(=O)N[C@@H]43)cc2)cc1. The summed E-state index contributed by atoms with van der Waals surface area (Å²) < 4.78 is 11.7. The first-order chi connectivity index (χ1) is 26.4. The average molecular weight is 779 g/mol. The van der Waals surface area contributed by atoms with Gasteiger partial charge < -0.3 is 41.4 Å². The maximum Gasteiger partial charge on any atom is 0.315 e. The first-order valence-electron chi connectivity index (χ1n) is 19.4. The first-order valence-corrected chi connectivity index (χ1v) is 21.5. The van der Waals surface area contributed by atoms with E-state index in [9.17, 15) is 19.2 Å². The van der Waals surface area contributed by atoms with Crippen molar-refractivity contribution in [3.05, 3.63) is 71.8 Å². The Kier molecular flexibility index (Phi) is 15.1. The minimum atomic E-state index is -0.0555. The van der Waals surface area contributed by atoms with Crippen LogP contribution in [0.4, 0.5) is 9.59 Å². The number of hydrogen-bond acceptors (Lipinski definition) is 8. The summed E-state index contributed by atoms with van der Waals surface area (Å²) in [6, 6.07) is 16.7. The van der Waals surface area contributed by atoms with E-state index >= 15 is 0 Å². The molecule has 4 heterocycles. The zero-order chi connectivity index (χ0) is 37.5. The van der Waals surface area contributed by atoms with Gasteiger partial charge in [0.25, 0.3) is 0 Å². The monoisotopic (exact) mass is 778 g/mol. The summed E-state index contributed by atoms with van der Waals surface area (Å²) in [6.07, 6.45) is 12.2. The third-order valence-corrected chi connectivity index (χ3v) is 13.4. The minimum Gasteiger partial charge on any atom is -0.490 e.